The predicted molar refractivity (Wildman–Crippen MR) is 121 cm³/mol. The number of nitrogens with zero attached hydrogens (tertiary/aromatic N) is 1. The maximum absolute atomic E-state index is 13.7. The molecule has 0 saturated heterocycles. The number of sulfonamides is 1. The van der Waals surface area contributed by atoms with E-state index in [1.807, 2.05) is 30.3 Å². The van der Waals surface area contributed by atoms with Crippen LogP contribution in [0.1, 0.15) is 36.8 Å². The van der Waals surface area contributed by atoms with E-state index in [2.05, 4.69) is 11.9 Å². The first-order valence-electron chi connectivity index (χ1n) is 9.97. The van der Waals surface area contributed by atoms with Gasteiger partial charge in [0.05, 0.1) is 12.2 Å². The van der Waals surface area contributed by atoms with Crippen molar-refractivity contribution in [1.29, 1.82) is 0 Å². The normalized spacial score (nSPS) is 18.2. The van der Waals surface area contributed by atoms with Crippen LogP contribution in [0.5, 0.6) is 0 Å². The zero-order valence-corrected chi connectivity index (χ0v) is 18.0. The highest BCUT2D eigenvalue weighted by Gasteiger charge is 2.41. The number of hydrogen-bond donors (Lipinski definition) is 1. The van der Waals surface area contributed by atoms with Crippen LogP contribution in [0.2, 0.25) is 5.02 Å². The molecule has 0 radical (unpaired) electrons. The quantitative estimate of drug-likeness (QED) is 0.693. The van der Waals surface area contributed by atoms with Crippen molar-refractivity contribution < 1.29 is 13.2 Å². The van der Waals surface area contributed by atoms with Crippen molar-refractivity contribution in [3.05, 3.63) is 82.2 Å². The number of nitrogens with one attached hydrogen (secondary N) is 1. The van der Waals surface area contributed by atoms with Crippen molar-refractivity contribution in [2.45, 2.75) is 31.7 Å². The second kappa shape index (κ2) is 8.28. The summed E-state index contributed by atoms with van der Waals surface area (Å²) in [6.45, 7) is 3.75. The molecule has 0 bridgehead atoms. The lowest BCUT2D eigenvalue weighted by molar-refractivity contribution is -0.117. The number of benzene rings is 2. The lowest BCUT2D eigenvalue weighted by Gasteiger charge is -2.33. The van der Waals surface area contributed by atoms with Crippen LogP contribution in [0.15, 0.2) is 66.1 Å². The molecule has 1 aliphatic carbocycles. The maximum Gasteiger partial charge on any atom is 0.270 e. The highest BCUT2D eigenvalue weighted by molar-refractivity contribution is 7.97. The van der Waals surface area contributed by atoms with E-state index in [0.29, 0.717) is 27.4 Å². The highest BCUT2D eigenvalue weighted by Crippen LogP contribution is 2.43. The van der Waals surface area contributed by atoms with Crippen LogP contribution in [0, 0.1) is 0 Å². The van der Waals surface area contributed by atoms with Gasteiger partial charge in [0.2, 0.25) is 0 Å². The number of carbonyl (C=O) groups is 1. The Bertz CT molecular complexity index is 1120. The molecule has 0 spiro atoms. The van der Waals surface area contributed by atoms with Gasteiger partial charge in [0, 0.05) is 22.2 Å². The number of amides is 1. The first kappa shape index (κ1) is 20.7. The van der Waals surface area contributed by atoms with Gasteiger partial charge in [-0.3, -0.25) is 9.10 Å². The Hall–Kier alpha value is -2.57. The van der Waals surface area contributed by atoms with Gasteiger partial charge < -0.3 is 5.32 Å². The summed E-state index contributed by atoms with van der Waals surface area (Å²) in [5.74, 6) is -0.569. The molecule has 1 aliphatic heterocycles. The molecule has 2 aromatic rings. The topological polar surface area (TPSA) is 66.5 Å². The van der Waals surface area contributed by atoms with Crippen LogP contribution in [-0.4, -0.2) is 26.9 Å². The molecule has 5 nitrogen and oxygen atoms in total. The molecular formula is C23H23ClN2O3S. The van der Waals surface area contributed by atoms with E-state index in [-0.39, 0.29) is 17.5 Å². The minimum absolute atomic E-state index is 0.00849. The van der Waals surface area contributed by atoms with Crippen LogP contribution < -0.4 is 9.62 Å². The Labute approximate surface area is 182 Å². The Kier molecular flexibility index (Phi) is 5.71. The number of carbonyl (C=O) groups excluding carboxylic acids is 1. The Balaban J connectivity index is 1.99. The van der Waals surface area contributed by atoms with Crippen LogP contribution >= 0.6 is 11.6 Å². The fourth-order valence-corrected chi connectivity index (χ4v) is 6.07. The molecule has 1 saturated carbocycles. The summed E-state index contributed by atoms with van der Waals surface area (Å²) < 4.78 is 28.6. The van der Waals surface area contributed by atoms with Gasteiger partial charge in [-0.05, 0) is 36.6 Å². The van der Waals surface area contributed by atoms with Crippen molar-refractivity contribution in [3.8, 4) is 0 Å². The third-order valence-electron chi connectivity index (χ3n) is 5.53. The zero-order valence-electron chi connectivity index (χ0n) is 16.5. The molecule has 0 unspecified atom stereocenters. The lowest BCUT2D eigenvalue weighted by Crippen LogP contribution is -2.43. The van der Waals surface area contributed by atoms with Gasteiger partial charge in [0.25, 0.3) is 15.9 Å². The summed E-state index contributed by atoms with van der Waals surface area (Å²) in [6, 6.07) is 14.1. The van der Waals surface area contributed by atoms with E-state index >= 15 is 0 Å². The number of rotatable bonds is 5. The maximum atomic E-state index is 13.7. The van der Waals surface area contributed by atoms with Crippen molar-refractivity contribution >= 4 is 38.8 Å². The average molecular weight is 443 g/mol. The van der Waals surface area contributed by atoms with Gasteiger partial charge >= 0.3 is 0 Å². The van der Waals surface area contributed by atoms with E-state index in [0.717, 1.165) is 25.7 Å². The van der Waals surface area contributed by atoms with Crippen LogP contribution in [-0.2, 0) is 14.8 Å². The van der Waals surface area contributed by atoms with E-state index in [1.165, 1.54) is 10.4 Å². The van der Waals surface area contributed by atoms with Crippen LogP contribution in [0.4, 0.5) is 5.69 Å². The van der Waals surface area contributed by atoms with Gasteiger partial charge in [-0.2, -0.15) is 0 Å². The van der Waals surface area contributed by atoms with Gasteiger partial charge in [-0.25, -0.2) is 8.42 Å². The summed E-state index contributed by atoms with van der Waals surface area (Å²) in [5.41, 5.74) is 2.13. The molecule has 1 heterocycles. The van der Waals surface area contributed by atoms with Crippen LogP contribution in [0.3, 0.4) is 0 Å². The monoisotopic (exact) mass is 442 g/mol. The Morgan fingerprint density at radius 3 is 2.53 bits per heavy atom. The third kappa shape index (κ3) is 3.66. The molecule has 1 N–H and O–H groups in total. The third-order valence-corrected chi connectivity index (χ3v) is 7.59. The minimum Gasteiger partial charge on any atom is -0.349 e. The van der Waals surface area contributed by atoms with Crippen molar-refractivity contribution in [1.82, 2.24) is 5.32 Å². The van der Waals surface area contributed by atoms with Crippen molar-refractivity contribution in [2.24, 2.45) is 0 Å². The van der Waals surface area contributed by atoms with Gasteiger partial charge in [-0.15, -0.1) is 6.58 Å². The summed E-state index contributed by atoms with van der Waals surface area (Å²) in [6.07, 6.45) is 5.29. The predicted octanol–water partition coefficient (Wildman–Crippen LogP) is 4.49. The standard InChI is InChI=1S/C23H23ClN2O3S/c1-2-14-26-20-13-12-17(24)15-19(20)21(16-8-4-3-5-9-16)22(30(26,28)29)23(27)25-18-10-6-7-11-18/h2-5,8-9,12-13,15,18H,1,6-7,10-11,14H2,(H,25,27). The average Bonchev–Trinajstić information content (AvgIpc) is 3.23. The van der Waals surface area contributed by atoms with Crippen molar-refractivity contribution in [3.63, 3.8) is 0 Å². The molecule has 0 atom stereocenters. The number of halogens is 1. The summed E-state index contributed by atoms with van der Waals surface area (Å²) in [4.78, 5) is 13.1. The molecule has 7 heteroatoms. The molecule has 156 valence electrons. The summed E-state index contributed by atoms with van der Waals surface area (Å²) >= 11 is 6.28. The van der Waals surface area contributed by atoms with Gasteiger partial charge in [0.15, 0.2) is 4.91 Å². The molecule has 1 fully saturated rings. The molecule has 1 amide bonds. The SMILES string of the molecule is C=CCN1c2ccc(Cl)cc2C(c2ccccc2)=C(C(=O)NC2CCCC2)S1(=O)=O. The molecular weight excluding hydrogens is 420 g/mol. The fourth-order valence-electron chi connectivity index (χ4n) is 4.17. The van der Waals surface area contributed by atoms with E-state index in [4.69, 9.17) is 11.6 Å². The molecule has 30 heavy (non-hydrogen) atoms. The van der Waals surface area contributed by atoms with E-state index in [9.17, 15) is 13.2 Å². The van der Waals surface area contributed by atoms with Gasteiger partial charge in [-0.1, -0.05) is 60.9 Å². The Morgan fingerprint density at radius 2 is 1.87 bits per heavy atom. The first-order chi connectivity index (χ1) is 14.4. The summed E-state index contributed by atoms with van der Waals surface area (Å²) in [7, 11) is -4.10. The lowest BCUT2D eigenvalue weighted by atomic mass is 9.95. The highest BCUT2D eigenvalue weighted by atomic mass is 35.5. The molecule has 2 aromatic carbocycles. The van der Waals surface area contributed by atoms with E-state index < -0.39 is 15.9 Å². The Morgan fingerprint density at radius 1 is 1.17 bits per heavy atom. The smallest absolute Gasteiger partial charge is 0.270 e. The summed E-state index contributed by atoms with van der Waals surface area (Å²) in [5, 5.41) is 3.42. The number of hydrogen-bond acceptors (Lipinski definition) is 3. The number of fused-ring (bicyclic) bond motifs is 1. The van der Waals surface area contributed by atoms with Crippen LogP contribution in [0.25, 0.3) is 5.57 Å². The minimum atomic E-state index is -4.10. The van der Waals surface area contributed by atoms with E-state index in [1.54, 1.807) is 18.2 Å². The second-order valence-electron chi connectivity index (χ2n) is 7.51. The van der Waals surface area contributed by atoms with Crippen molar-refractivity contribution in [2.75, 3.05) is 10.8 Å². The molecule has 0 aromatic heterocycles. The first-order valence-corrected chi connectivity index (χ1v) is 11.8. The molecule has 4 rings (SSSR count). The number of anilines is 1. The molecule has 2 aliphatic rings. The largest absolute Gasteiger partial charge is 0.349 e. The van der Waals surface area contributed by atoms with Gasteiger partial charge in [0.1, 0.15) is 0 Å². The zero-order chi connectivity index (χ0) is 21.3. The fraction of sp³-hybridized carbons (Fsp3) is 0.261. The second-order valence-corrected chi connectivity index (χ2v) is 9.75.